The molecular formula is C17H23N3O3. The van der Waals surface area contributed by atoms with Crippen molar-refractivity contribution < 1.29 is 14.6 Å². The molecule has 0 saturated heterocycles. The number of carbonyl (C=O) groups is 1. The first-order valence-electron chi connectivity index (χ1n) is 7.69. The molecule has 2 N–H and O–H groups in total. The molecule has 2 aromatic rings. The number of hydrogen-bond acceptors (Lipinski definition) is 4. The number of methoxy groups -OCH3 is 1. The maximum absolute atomic E-state index is 12.3. The Morgan fingerprint density at radius 2 is 2.13 bits per heavy atom. The monoisotopic (exact) mass is 317 g/mol. The lowest BCUT2D eigenvalue weighted by molar-refractivity contribution is 0.0609. The van der Waals surface area contributed by atoms with E-state index in [0.29, 0.717) is 18.5 Å². The molecular weight excluding hydrogens is 294 g/mol. The third-order valence-electron chi connectivity index (χ3n) is 3.56. The summed E-state index contributed by atoms with van der Waals surface area (Å²) >= 11 is 0. The molecule has 1 atom stereocenters. The van der Waals surface area contributed by atoms with Gasteiger partial charge in [-0.2, -0.15) is 5.10 Å². The Hall–Kier alpha value is -2.18. The molecule has 0 aliphatic carbocycles. The quantitative estimate of drug-likeness (QED) is 0.768. The number of amides is 1. The third-order valence-corrected chi connectivity index (χ3v) is 3.56. The van der Waals surface area contributed by atoms with Crippen molar-refractivity contribution in [3.63, 3.8) is 0 Å². The van der Waals surface area contributed by atoms with Crippen molar-refractivity contribution in [2.75, 3.05) is 20.3 Å². The predicted octanol–water partition coefficient (Wildman–Crippen LogP) is 1.23. The molecule has 6 nitrogen and oxygen atoms in total. The highest BCUT2D eigenvalue weighted by atomic mass is 16.5. The molecule has 0 fully saturated rings. The van der Waals surface area contributed by atoms with Gasteiger partial charge in [-0.1, -0.05) is 37.3 Å². The van der Waals surface area contributed by atoms with Gasteiger partial charge in [-0.3, -0.25) is 9.48 Å². The molecule has 0 aliphatic heterocycles. The van der Waals surface area contributed by atoms with Gasteiger partial charge in [0.1, 0.15) is 0 Å². The molecule has 1 heterocycles. The molecule has 23 heavy (non-hydrogen) atoms. The SMILES string of the molecule is CCc1c(C(=O)NCC(O)COC)cnn1Cc1ccccc1. The van der Waals surface area contributed by atoms with Crippen LogP contribution in [0.5, 0.6) is 0 Å². The number of hydrogen-bond donors (Lipinski definition) is 2. The summed E-state index contributed by atoms with van der Waals surface area (Å²) in [6, 6.07) is 9.99. The van der Waals surface area contributed by atoms with E-state index in [4.69, 9.17) is 4.74 Å². The van der Waals surface area contributed by atoms with Crippen LogP contribution in [0.2, 0.25) is 0 Å². The van der Waals surface area contributed by atoms with Gasteiger partial charge in [0.2, 0.25) is 0 Å². The first-order valence-corrected chi connectivity index (χ1v) is 7.69. The van der Waals surface area contributed by atoms with Crippen molar-refractivity contribution >= 4 is 5.91 Å². The standard InChI is InChI=1S/C17H23N3O3/c1-3-16-15(17(22)18-9-14(21)12-23-2)10-19-20(16)11-13-7-5-4-6-8-13/h4-8,10,14,21H,3,9,11-12H2,1-2H3,(H,18,22). The van der Waals surface area contributed by atoms with Crippen molar-refractivity contribution in [1.82, 2.24) is 15.1 Å². The Morgan fingerprint density at radius 1 is 1.39 bits per heavy atom. The minimum atomic E-state index is -0.714. The Labute approximate surface area is 136 Å². The van der Waals surface area contributed by atoms with Crippen LogP contribution in [0, 0.1) is 0 Å². The smallest absolute Gasteiger partial charge is 0.254 e. The molecule has 124 valence electrons. The second-order valence-corrected chi connectivity index (χ2v) is 5.32. The molecule has 1 aromatic carbocycles. The third kappa shape index (κ3) is 4.64. The first kappa shape index (κ1) is 17.2. The molecule has 1 amide bonds. The second kappa shape index (κ2) is 8.45. The molecule has 0 saturated carbocycles. The number of nitrogens with zero attached hydrogens (tertiary/aromatic N) is 2. The zero-order valence-electron chi connectivity index (χ0n) is 13.5. The second-order valence-electron chi connectivity index (χ2n) is 5.32. The highest BCUT2D eigenvalue weighted by molar-refractivity contribution is 5.95. The van der Waals surface area contributed by atoms with Gasteiger partial charge in [-0.05, 0) is 12.0 Å². The van der Waals surface area contributed by atoms with E-state index in [1.54, 1.807) is 6.20 Å². The van der Waals surface area contributed by atoms with Crippen LogP contribution in [-0.2, 0) is 17.7 Å². The maximum Gasteiger partial charge on any atom is 0.254 e. The largest absolute Gasteiger partial charge is 0.389 e. The van der Waals surface area contributed by atoms with E-state index < -0.39 is 6.10 Å². The number of benzene rings is 1. The van der Waals surface area contributed by atoms with E-state index in [1.807, 2.05) is 41.9 Å². The zero-order valence-corrected chi connectivity index (χ0v) is 13.5. The van der Waals surface area contributed by atoms with Crippen LogP contribution in [-0.4, -0.2) is 47.2 Å². The number of aromatic nitrogens is 2. The van der Waals surface area contributed by atoms with Gasteiger partial charge in [0.15, 0.2) is 0 Å². The summed E-state index contributed by atoms with van der Waals surface area (Å²) < 4.78 is 6.68. The Morgan fingerprint density at radius 3 is 2.78 bits per heavy atom. The van der Waals surface area contributed by atoms with Crippen molar-refractivity contribution in [3.05, 3.63) is 53.3 Å². The average molecular weight is 317 g/mol. The fourth-order valence-corrected chi connectivity index (χ4v) is 2.42. The highest BCUT2D eigenvalue weighted by Gasteiger charge is 2.17. The van der Waals surface area contributed by atoms with Crippen LogP contribution >= 0.6 is 0 Å². The Bertz CT molecular complexity index is 625. The highest BCUT2D eigenvalue weighted by Crippen LogP contribution is 2.12. The average Bonchev–Trinajstić information content (AvgIpc) is 2.96. The minimum absolute atomic E-state index is 0.152. The van der Waals surface area contributed by atoms with Gasteiger partial charge in [0.05, 0.1) is 36.7 Å². The van der Waals surface area contributed by atoms with Crippen molar-refractivity contribution in [2.45, 2.75) is 26.0 Å². The molecule has 6 heteroatoms. The number of nitrogens with one attached hydrogen (secondary N) is 1. The lowest BCUT2D eigenvalue weighted by Gasteiger charge is -2.11. The van der Waals surface area contributed by atoms with Crippen LogP contribution < -0.4 is 5.32 Å². The Balaban J connectivity index is 2.06. The van der Waals surface area contributed by atoms with Crippen molar-refractivity contribution in [2.24, 2.45) is 0 Å². The van der Waals surface area contributed by atoms with Crippen LogP contribution in [0.1, 0.15) is 28.5 Å². The van der Waals surface area contributed by atoms with Crippen molar-refractivity contribution in [3.8, 4) is 0 Å². The summed E-state index contributed by atoms with van der Waals surface area (Å²) in [6.07, 6.45) is 1.57. The fourth-order valence-electron chi connectivity index (χ4n) is 2.42. The van der Waals surface area contributed by atoms with Crippen molar-refractivity contribution in [1.29, 1.82) is 0 Å². The van der Waals surface area contributed by atoms with Gasteiger partial charge < -0.3 is 15.2 Å². The number of rotatable bonds is 8. The number of aliphatic hydroxyl groups is 1. The van der Waals surface area contributed by atoms with Crippen LogP contribution in [0.3, 0.4) is 0 Å². The Kier molecular flexibility index (Phi) is 6.31. The van der Waals surface area contributed by atoms with Crippen LogP contribution in [0.4, 0.5) is 0 Å². The number of carbonyl (C=O) groups excluding carboxylic acids is 1. The van der Waals surface area contributed by atoms with E-state index in [-0.39, 0.29) is 19.1 Å². The molecule has 0 radical (unpaired) electrons. The van der Waals surface area contributed by atoms with E-state index in [2.05, 4.69) is 10.4 Å². The molecule has 2 rings (SSSR count). The fraction of sp³-hybridized carbons (Fsp3) is 0.412. The lowest BCUT2D eigenvalue weighted by atomic mass is 10.1. The summed E-state index contributed by atoms with van der Waals surface area (Å²) in [6.45, 7) is 2.96. The normalized spacial score (nSPS) is 12.1. The summed E-state index contributed by atoms with van der Waals surface area (Å²) in [5.74, 6) is -0.226. The number of ether oxygens (including phenoxy) is 1. The number of aliphatic hydroxyl groups excluding tert-OH is 1. The van der Waals surface area contributed by atoms with Gasteiger partial charge in [0, 0.05) is 13.7 Å². The van der Waals surface area contributed by atoms with E-state index in [9.17, 15) is 9.90 Å². The van der Waals surface area contributed by atoms with Crippen LogP contribution in [0.25, 0.3) is 0 Å². The van der Waals surface area contributed by atoms with Gasteiger partial charge in [-0.25, -0.2) is 0 Å². The predicted molar refractivity (Wildman–Crippen MR) is 87.4 cm³/mol. The van der Waals surface area contributed by atoms with E-state index >= 15 is 0 Å². The molecule has 1 aromatic heterocycles. The van der Waals surface area contributed by atoms with Crippen LogP contribution in [0.15, 0.2) is 36.5 Å². The van der Waals surface area contributed by atoms with Gasteiger partial charge in [-0.15, -0.1) is 0 Å². The molecule has 1 unspecified atom stereocenters. The zero-order chi connectivity index (χ0) is 16.7. The summed E-state index contributed by atoms with van der Waals surface area (Å²) in [7, 11) is 1.51. The van der Waals surface area contributed by atoms with E-state index in [1.165, 1.54) is 7.11 Å². The minimum Gasteiger partial charge on any atom is -0.389 e. The topological polar surface area (TPSA) is 76.4 Å². The molecule has 0 aliphatic rings. The lowest BCUT2D eigenvalue weighted by Crippen LogP contribution is -2.34. The molecule has 0 bridgehead atoms. The maximum atomic E-state index is 12.3. The van der Waals surface area contributed by atoms with E-state index in [0.717, 1.165) is 11.3 Å². The summed E-state index contributed by atoms with van der Waals surface area (Å²) in [5, 5.41) is 16.7. The first-order chi connectivity index (χ1) is 11.2. The summed E-state index contributed by atoms with van der Waals surface area (Å²) in [4.78, 5) is 12.3. The van der Waals surface area contributed by atoms with Gasteiger partial charge in [0.25, 0.3) is 5.91 Å². The molecule has 0 spiro atoms. The summed E-state index contributed by atoms with van der Waals surface area (Å²) in [5.41, 5.74) is 2.56. The van der Waals surface area contributed by atoms with Gasteiger partial charge >= 0.3 is 0 Å².